The second-order valence-corrected chi connectivity index (χ2v) is 3.87. The van der Waals surface area contributed by atoms with Gasteiger partial charge in [-0.05, 0) is 34.7 Å². The molecular formula is C11H22N2O3. The van der Waals surface area contributed by atoms with Crippen LogP contribution in [0.25, 0.3) is 0 Å². The number of carboxylic acids is 1. The number of carbonyl (C=O) groups excluding carboxylic acids is 1. The molecule has 0 aliphatic rings. The van der Waals surface area contributed by atoms with E-state index in [0.717, 1.165) is 0 Å². The highest BCUT2D eigenvalue weighted by Gasteiger charge is 2.28. The van der Waals surface area contributed by atoms with Crippen LogP contribution in [0.4, 0.5) is 0 Å². The molecule has 5 nitrogen and oxygen atoms in total. The number of carbonyl (C=O) groups is 2. The summed E-state index contributed by atoms with van der Waals surface area (Å²) in [5.74, 6) is -0.942. The Hall–Kier alpha value is -1.10. The quantitative estimate of drug-likeness (QED) is 0.727. The maximum Gasteiger partial charge on any atom is 0.320 e. The fraction of sp³-hybridized carbons (Fsp3) is 0.818. The molecule has 0 aliphatic heterocycles. The molecule has 0 aliphatic carbocycles. The van der Waals surface area contributed by atoms with Gasteiger partial charge in [0, 0.05) is 13.1 Å². The van der Waals surface area contributed by atoms with Crippen LogP contribution < -0.4 is 0 Å². The molecule has 0 aromatic heterocycles. The van der Waals surface area contributed by atoms with Gasteiger partial charge in [-0.2, -0.15) is 0 Å². The molecule has 1 amide bonds. The van der Waals surface area contributed by atoms with E-state index < -0.39 is 18.1 Å². The Morgan fingerprint density at radius 1 is 1.12 bits per heavy atom. The summed E-state index contributed by atoms with van der Waals surface area (Å²) < 4.78 is 0. The highest BCUT2D eigenvalue weighted by molar-refractivity contribution is 5.82. The van der Waals surface area contributed by atoms with Crippen molar-refractivity contribution in [1.82, 2.24) is 9.80 Å². The van der Waals surface area contributed by atoms with Crippen molar-refractivity contribution in [1.29, 1.82) is 0 Å². The molecule has 0 heterocycles. The molecule has 2 atom stereocenters. The van der Waals surface area contributed by atoms with Crippen molar-refractivity contribution >= 4 is 11.9 Å². The Morgan fingerprint density at radius 3 is 1.88 bits per heavy atom. The smallest absolute Gasteiger partial charge is 0.320 e. The predicted molar refractivity (Wildman–Crippen MR) is 62.3 cm³/mol. The topological polar surface area (TPSA) is 60.9 Å². The zero-order chi connectivity index (χ0) is 12.9. The van der Waals surface area contributed by atoms with Crippen LogP contribution in [0.3, 0.4) is 0 Å². The van der Waals surface area contributed by atoms with Crippen molar-refractivity contribution < 1.29 is 14.7 Å². The minimum atomic E-state index is -0.915. The van der Waals surface area contributed by atoms with Crippen LogP contribution in [0.2, 0.25) is 0 Å². The molecule has 2 unspecified atom stereocenters. The lowest BCUT2D eigenvalue weighted by Crippen LogP contribution is -2.50. The molecule has 0 radical (unpaired) electrons. The van der Waals surface area contributed by atoms with Gasteiger partial charge in [-0.1, -0.05) is 0 Å². The normalized spacial score (nSPS) is 14.6. The van der Waals surface area contributed by atoms with E-state index in [1.807, 2.05) is 13.8 Å². The summed E-state index contributed by atoms with van der Waals surface area (Å²) in [6.45, 7) is 8.43. The van der Waals surface area contributed by atoms with Crippen LogP contribution >= 0.6 is 0 Å². The van der Waals surface area contributed by atoms with Crippen molar-refractivity contribution in [3.63, 3.8) is 0 Å². The zero-order valence-corrected chi connectivity index (χ0v) is 10.7. The van der Waals surface area contributed by atoms with Gasteiger partial charge in [0.1, 0.15) is 6.04 Å². The number of hydrogen-bond acceptors (Lipinski definition) is 3. The molecule has 5 heteroatoms. The third-order valence-corrected chi connectivity index (χ3v) is 3.01. The van der Waals surface area contributed by atoms with Gasteiger partial charge in [0.25, 0.3) is 0 Å². The molecule has 0 bridgehead atoms. The maximum absolute atomic E-state index is 12.0. The first-order valence-electron chi connectivity index (χ1n) is 5.60. The zero-order valence-electron chi connectivity index (χ0n) is 10.7. The Balaban J connectivity index is 4.59. The number of amides is 1. The second-order valence-electron chi connectivity index (χ2n) is 3.87. The van der Waals surface area contributed by atoms with E-state index in [1.54, 1.807) is 30.7 Å². The molecule has 16 heavy (non-hydrogen) atoms. The van der Waals surface area contributed by atoms with Gasteiger partial charge >= 0.3 is 5.97 Å². The highest BCUT2D eigenvalue weighted by atomic mass is 16.4. The van der Waals surface area contributed by atoms with Gasteiger partial charge in [-0.25, -0.2) is 0 Å². The van der Waals surface area contributed by atoms with E-state index in [9.17, 15) is 9.59 Å². The van der Waals surface area contributed by atoms with Gasteiger partial charge < -0.3 is 10.0 Å². The minimum Gasteiger partial charge on any atom is -0.480 e. The van der Waals surface area contributed by atoms with E-state index in [4.69, 9.17) is 5.11 Å². The number of hydrogen-bond donors (Lipinski definition) is 1. The molecule has 1 N–H and O–H groups in total. The fourth-order valence-electron chi connectivity index (χ4n) is 1.48. The largest absolute Gasteiger partial charge is 0.480 e. The van der Waals surface area contributed by atoms with E-state index in [1.165, 1.54) is 0 Å². The number of likely N-dealkylation sites (N-methyl/N-ethyl adjacent to an activating group) is 2. The number of aliphatic carboxylic acids is 1. The molecule has 0 spiro atoms. The SMILES string of the molecule is CCN(CC)C(=O)C(C)N(C)C(C)C(=O)O. The molecule has 0 aromatic rings. The van der Waals surface area contributed by atoms with E-state index >= 15 is 0 Å². The number of carboxylic acid groups (broad SMARTS) is 1. The first-order chi connectivity index (χ1) is 7.36. The first-order valence-corrected chi connectivity index (χ1v) is 5.60. The summed E-state index contributed by atoms with van der Waals surface area (Å²) in [4.78, 5) is 26.1. The Morgan fingerprint density at radius 2 is 1.56 bits per heavy atom. The second kappa shape index (κ2) is 6.48. The van der Waals surface area contributed by atoms with Crippen LogP contribution in [0, 0.1) is 0 Å². The molecule has 0 saturated heterocycles. The van der Waals surface area contributed by atoms with Gasteiger partial charge in [-0.3, -0.25) is 14.5 Å². The van der Waals surface area contributed by atoms with Crippen molar-refractivity contribution in [2.24, 2.45) is 0 Å². The van der Waals surface area contributed by atoms with Gasteiger partial charge in [0.15, 0.2) is 0 Å². The summed E-state index contributed by atoms with van der Waals surface area (Å²) in [6, 6.07) is -1.07. The number of nitrogens with zero attached hydrogens (tertiary/aromatic N) is 2. The minimum absolute atomic E-state index is 0.0272. The van der Waals surface area contributed by atoms with Crippen molar-refractivity contribution in [3.05, 3.63) is 0 Å². The summed E-state index contributed by atoms with van der Waals surface area (Å²) >= 11 is 0. The lowest BCUT2D eigenvalue weighted by molar-refractivity contribution is -0.145. The standard InChI is InChI=1S/C11H22N2O3/c1-6-13(7-2)10(14)8(3)12(5)9(4)11(15)16/h8-9H,6-7H2,1-5H3,(H,15,16). The van der Waals surface area contributed by atoms with E-state index in [0.29, 0.717) is 13.1 Å². The molecular weight excluding hydrogens is 208 g/mol. The van der Waals surface area contributed by atoms with Crippen LogP contribution in [-0.2, 0) is 9.59 Å². The molecule has 0 rings (SSSR count). The van der Waals surface area contributed by atoms with Crippen LogP contribution in [-0.4, -0.2) is 59.0 Å². The third-order valence-electron chi connectivity index (χ3n) is 3.01. The number of rotatable bonds is 6. The van der Waals surface area contributed by atoms with Crippen molar-refractivity contribution in [3.8, 4) is 0 Å². The Bertz CT molecular complexity index is 252. The van der Waals surface area contributed by atoms with Crippen molar-refractivity contribution in [2.45, 2.75) is 39.8 Å². The highest BCUT2D eigenvalue weighted by Crippen LogP contribution is 2.06. The summed E-state index contributed by atoms with van der Waals surface area (Å²) in [7, 11) is 1.66. The average Bonchev–Trinajstić information content (AvgIpc) is 2.27. The lowest BCUT2D eigenvalue weighted by Gasteiger charge is -2.31. The Kier molecular flexibility index (Phi) is 6.03. The summed E-state index contributed by atoms with van der Waals surface area (Å²) in [5, 5.41) is 8.87. The fourth-order valence-corrected chi connectivity index (χ4v) is 1.48. The Labute approximate surface area is 97.0 Å². The van der Waals surface area contributed by atoms with Gasteiger partial charge in [-0.15, -0.1) is 0 Å². The average molecular weight is 230 g/mol. The summed E-state index contributed by atoms with van der Waals surface area (Å²) in [5.41, 5.74) is 0. The maximum atomic E-state index is 12.0. The van der Waals surface area contributed by atoms with Crippen LogP contribution in [0.1, 0.15) is 27.7 Å². The van der Waals surface area contributed by atoms with E-state index in [2.05, 4.69) is 0 Å². The lowest BCUT2D eigenvalue weighted by atomic mass is 10.2. The molecule has 0 fully saturated rings. The van der Waals surface area contributed by atoms with Crippen LogP contribution in [0.5, 0.6) is 0 Å². The molecule has 0 saturated carbocycles. The molecule has 94 valence electrons. The van der Waals surface area contributed by atoms with E-state index in [-0.39, 0.29) is 5.91 Å². The summed E-state index contributed by atoms with van der Waals surface area (Å²) in [6.07, 6.45) is 0. The van der Waals surface area contributed by atoms with Gasteiger partial charge in [0.05, 0.1) is 6.04 Å². The monoisotopic (exact) mass is 230 g/mol. The van der Waals surface area contributed by atoms with Crippen LogP contribution in [0.15, 0.2) is 0 Å². The first kappa shape index (κ1) is 14.9. The third kappa shape index (κ3) is 3.48. The molecule has 0 aromatic carbocycles. The van der Waals surface area contributed by atoms with Crippen molar-refractivity contribution in [2.75, 3.05) is 20.1 Å². The van der Waals surface area contributed by atoms with Gasteiger partial charge in [0.2, 0.25) is 5.91 Å². The predicted octanol–water partition coefficient (Wildman–Crippen LogP) is 0.648.